The van der Waals surface area contributed by atoms with Gasteiger partial charge in [0.25, 0.3) is 0 Å². The van der Waals surface area contributed by atoms with E-state index in [0.29, 0.717) is 21.9 Å². The lowest BCUT2D eigenvalue weighted by Crippen LogP contribution is -2.20. The Labute approximate surface area is 141 Å². The molecule has 114 valence electrons. The Balaban J connectivity index is 2.02. The van der Waals surface area contributed by atoms with E-state index in [2.05, 4.69) is 31.7 Å². The predicted molar refractivity (Wildman–Crippen MR) is 91.8 cm³/mol. The molecule has 0 saturated heterocycles. The summed E-state index contributed by atoms with van der Waals surface area (Å²) in [6.45, 7) is 0. The van der Waals surface area contributed by atoms with Gasteiger partial charge in [-0.1, -0.05) is 0 Å². The number of alkyl halides is 1. The molecule has 0 spiro atoms. The van der Waals surface area contributed by atoms with Gasteiger partial charge in [0.1, 0.15) is 11.6 Å². The number of aromatic nitrogens is 2. The normalized spacial score (nSPS) is 22.9. The molecule has 0 aliphatic heterocycles. The highest BCUT2D eigenvalue weighted by Gasteiger charge is 2.25. The Hall–Kier alpha value is -0.260. The van der Waals surface area contributed by atoms with E-state index in [4.69, 9.17) is 11.6 Å². The number of fused-ring (bicyclic) bond motifs is 1. The zero-order valence-corrected chi connectivity index (χ0v) is 14.9. The van der Waals surface area contributed by atoms with Crippen molar-refractivity contribution in [2.75, 3.05) is 6.26 Å². The lowest BCUT2D eigenvalue weighted by Gasteiger charge is -2.29. The molecule has 1 aliphatic carbocycles. The van der Waals surface area contributed by atoms with E-state index in [1.807, 2.05) is 17.8 Å². The van der Waals surface area contributed by atoms with Crippen LogP contribution < -0.4 is 0 Å². The van der Waals surface area contributed by atoms with E-state index in [9.17, 15) is 4.39 Å². The third-order valence-corrected chi connectivity index (χ3v) is 6.25. The summed E-state index contributed by atoms with van der Waals surface area (Å²) in [5, 5.41) is 0.764. The van der Waals surface area contributed by atoms with Crippen LogP contribution in [0.1, 0.15) is 37.5 Å². The van der Waals surface area contributed by atoms with Crippen molar-refractivity contribution in [1.82, 2.24) is 9.55 Å². The third-order valence-electron chi connectivity index (χ3n) is 4.27. The van der Waals surface area contributed by atoms with Crippen LogP contribution in [0.5, 0.6) is 0 Å². The van der Waals surface area contributed by atoms with Crippen LogP contribution in [0.3, 0.4) is 0 Å². The van der Waals surface area contributed by atoms with Crippen molar-refractivity contribution in [3.63, 3.8) is 0 Å². The number of nitrogens with zero attached hydrogens (tertiary/aromatic N) is 2. The maximum absolute atomic E-state index is 13.7. The van der Waals surface area contributed by atoms with Gasteiger partial charge in [-0.25, -0.2) is 9.37 Å². The Bertz CT molecular complexity index is 653. The fourth-order valence-electron chi connectivity index (χ4n) is 3.18. The minimum absolute atomic E-state index is 0.278. The van der Waals surface area contributed by atoms with Crippen LogP contribution >= 0.6 is 39.3 Å². The quantitative estimate of drug-likeness (QED) is 0.641. The van der Waals surface area contributed by atoms with Crippen molar-refractivity contribution in [1.29, 1.82) is 0 Å². The summed E-state index contributed by atoms with van der Waals surface area (Å²) in [7, 11) is 0. The Morgan fingerprint density at radius 3 is 2.71 bits per heavy atom. The van der Waals surface area contributed by atoms with Crippen molar-refractivity contribution in [3.05, 3.63) is 28.2 Å². The van der Waals surface area contributed by atoms with Gasteiger partial charge in [0, 0.05) is 17.4 Å². The van der Waals surface area contributed by atoms with Crippen LogP contribution in [0.2, 0.25) is 0 Å². The number of hydrogen-bond donors (Lipinski definition) is 0. The van der Waals surface area contributed by atoms with E-state index in [0.717, 1.165) is 29.4 Å². The minimum atomic E-state index is -0.278. The summed E-state index contributed by atoms with van der Waals surface area (Å²) >= 11 is 11.3. The van der Waals surface area contributed by atoms with Crippen molar-refractivity contribution in [2.24, 2.45) is 0 Å². The molecule has 0 amide bonds. The summed E-state index contributed by atoms with van der Waals surface area (Å²) in [6, 6.07) is 3.73. The molecule has 0 atom stereocenters. The molecule has 1 aromatic carbocycles. The van der Waals surface area contributed by atoms with Crippen LogP contribution in [0.25, 0.3) is 11.0 Å². The first-order chi connectivity index (χ1) is 10.1. The van der Waals surface area contributed by atoms with Crippen LogP contribution in [0, 0.1) is 5.82 Å². The van der Waals surface area contributed by atoms with E-state index in [1.165, 1.54) is 18.9 Å². The zero-order chi connectivity index (χ0) is 15.0. The molecule has 0 bridgehead atoms. The Kier molecular flexibility index (Phi) is 4.81. The number of hydrogen-bond acceptors (Lipinski definition) is 2. The average Bonchev–Trinajstić information content (AvgIpc) is 2.85. The summed E-state index contributed by atoms with van der Waals surface area (Å²) in [6.07, 6.45) is 6.89. The second kappa shape index (κ2) is 6.47. The summed E-state index contributed by atoms with van der Waals surface area (Å²) in [5.74, 6) is 0.923. The molecule has 2 nitrogen and oxygen atoms in total. The van der Waals surface area contributed by atoms with Crippen LogP contribution in [0.4, 0.5) is 4.39 Å². The monoisotopic (exact) mass is 390 g/mol. The van der Waals surface area contributed by atoms with E-state index >= 15 is 0 Å². The SMILES string of the molecule is CSC1CCC(n2c(CCl)nc3cc(F)c(Br)cc32)CC1. The van der Waals surface area contributed by atoms with Gasteiger partial charge in [-0.3, -0.25) is 0 Å². The van der Waals surface area contributed by atoms with Gasteiger partial charge >= 0.3 is 0 Å². The first kappa shape index (κ1) is 15.6. The van der Waals surface area contributed by atoms with E-state index in [1.54, 1.807) is 0 Å². The van der Waals surface area contributed by atoms with Gasteiger partial charge < -0.3 is 4.57 Å². The molecule has 2 aromatic rings. The molecule has 1 fully saturated rings. The van der Waals surface area contributed by atoms with Gasteiger partial charge in [-0.05, 0) is 53.9 Å². The summed E-state index contributed by atoms with van der Waals surface area (Å²) < 4.78 is 16.4. The first-order valence-corrected chi connectivity index (χ1v) is 9.70. The minimum Gasteiger partial charge on any atom is -0.324 e. The largest absolute Gasteiger partial charge is 0.324 e. The molecule has 1 aromatic heterocycles. The fraction of sp³-hybridized carbons (Fsp3) is 0.533. The Morgan fingerprint density at radius 2 is 2.10 bits per heavy atom. The standard InChI is InChI=1S/C15H17BrClFN2S/c1-21-10-4-2-9(3-5-10)20-14-6-11(16)12(18)7-13(14)19-15(20)8-17/h6-7,9-10H,2-5,8H2,1H3. The smallest absolute Gasteiger partial charge is 0.139 e. The van der Waals surface area contributed by atoms with Crippen molar-refractivity contribution >= 4 is 50.3 Å². The summed E-state index contributed by atoms with van der Waals surface area (Å²) in [4.78, 5) is 4.51. The summed E-state index contributed by atoms with van der Waals surface area (Å²) in [5.41, 5.74) is 1.67. The molecular formula is C15H17BrClFN2S. The van der Waals surface area contributed by atoms with E-state index < -0.39 is 0 Å². The van der Waals surface area contributed by atoms with Gasteiger partial charge in [-0.2, -0.15) is 11.8 Å². The lowest BCUT2D eigenvalue weighted by molar-refractivity contribution is 0.361. The third kappa shape index (κ3) is 2.97. The molecule has 0 radical (unpaired) electrons. The maximum atomic E-state index is 13.7. The molecule has 3 rings (SSSR count). The number of thioether (sulfide) groups is 1. The molecule has 0 unspecified atom stereocenters. The molecule has 0 N–H and O–H groups in total. The van der Waals surface area contributed by atoms with Crippen LogP contribution in [0.15, 0.2) is 16.6 Å². The topological polar surface area (TPSA) is 17.8 Å². The fourth-order valence-corrected chi connectivity index (χ4v) is 4.44. The molecule has 1 heterocycles. The highest BCUT2D eigenvalue weighted by atomic mass is 79.9. The molecule has 1 aliphatic rings. The van der Waals surface area contributed by atoms with Crippen molar-refractivity contribution in [3.8, 4) is 0 Å². The lowest BCUT2D eigenvalue weighted by atomic mass is 9.94. The highest BCUT2D eigenvalue weighted by molar-refractivity contribution is 9.10. The first-order valence-electron chi connectivity index (χ1n) is 7.08. The van der Waals surface area contributed by atoms with E-state index in [-0.39, 0.29) is 5.82 Å². The average molecular weight is 392 g/mol. The number of benzene rings is 1. The molecular weight excluding hydrogens is 375 g/mol. The number of imidazole rings is 1. The molecule has 1 saturated carbocycles. The second-order valence-electron chi connectivity index (χ2n) is 5.45. The Morgan fingerprint density at radius 1 is 1.38 bits per heavy atom. The van der Waals surface area contributed by atoms with Gasteiger partial charge in [0.05, 0.1) is 21.4 Å². The van der Waals surface area contributed by atoms with Crippen LogP contribution in [-0.4, -0.2) is 21.1 Å². The highest BCUT2D eigenvalue weighted by Crippen LogP contribution is 2.37. The second-order valence-corrected chi connectivity index (χ2v) is 7.71. The van der Waals surface area contributed by atoms with Gasteiger partial charge in [-0.15, -0.1) is 11.6 Å². The van der Waals surface area contributed by atoms with Gasteiger partial charge in [0.2, 0.25) is 0 Å². The molecule has 21 heavy (non-hydrogen) atoms. The molecule has 6 heteroatoms. The van der Waals surface area contributed by atoms with Crippen molar-refractivity contribution < 1.29 is 4.39 Å². The number of halogens is 3. The predicted octanol–water partition coefficient (Wildman–Crippen LogP) is 5.52. The maximum Gasteiger partial charge on any atom is 0.139 e. The van der Waals surface area contributed by atoms with Gasteiger partial charge in [0.15, 0.2) is 0 Å². The van der Waals surface area contributed by atoms with Crippen LogP contribution in [-0.2, 0) is 5.88 Å². The van der Waals surface area contributed by atoms with Crippen molar-refractivity contribution in [2.45, 2.75) is 42.9 Å². The number of rotatable bonds is 3. The zero-order valence-electron chi connectivity index (χ0n) is 11.8.